The molecule has 126 valence electrons. The maximum Gasteiger partial charge on any atom is 0.249 e. The van der Waals surface area contributed by atoms with Gasteiger partial charge in [0.1, 0.15) is 6.10 Å². The van der Waals surface area contributed by atoms with E-state index < -0.39 is 6.10 Å². The summed E-state index contributed by atoms with van der Waals surface area (Å²) in [6, 6.07) is 13.8. The van der Waals surface area contributed by atoms with Crippen LogP contribution in [0.25, 0.3) is 0 Å². The van der Waals surface area contributed by atoms with Gasteiger partial charge in [0.25, 0.3) is 0 Å². The van der Waals surface area contributed by atoms with Gasteiger partial charge in [-0.15, -0.1) is 6.58 Å². The Morgan fingerprint density at radius 1 is 1.29 bits per heavy atom. The highest BCUT2D eigenvalue weighted by Gasteiger charge is 2.20. The van der Waals surface area contributed by atoms with Crippen LogP contribution in [0.15, 0.2) is 61.3 Å². The van der Waals surface area contributed by atoms with Crippen LogP contribution in [0.2, 0.25) is 0 Å². The Labute approximate surface area is 143 Å². The van der Waals surface area contributed by atoms with Crippen molar-refractivity contribution >= 4 is 5.91 Å². The topological polar surface area (TPSA) is 51.2 Å². The molecule has 2 aromatic rings. The molecule has 24 heavy (non-hydrogen) atoms. The second-order valence-corrected chi connectivity index (χ2v) is 5.77. The zero-order valence-corrected chi connectivity index (χ0v) is 14.2. The fourth-order valence-electron chi connectivity index (χ4n) is 2.35. The van der Waals surface area contributed by atoms with E-state index in [4.69, 9.17) is 4.74 Å². The van der Waals surface area contributed by atoms with Crippen LogP contribution in [0.1, 0.15) is 29.8 Å². The lowest BCUT2D eigenvalue weighted by atomic mass is 10.0. The zero-order chi connectivity index (χ0) is 17.4. The van der Waals surface area contributed by atoms with E-state index in [0.29, 0.717) is 13.0 Å². The van der Waals surface area contributed by atoms with Gasteiger partial charge >= 0.3 is 0 Å². The van der Waals surface area contributed by atoms with Crippen LogP contribution in [-0.2, 0) is 16.0 Å². The Hall–Kier alpha value is -2.46. The van der Waals surface area contributed by atoms with Gasteiger partial charge in [-0.1, -0.05) is 42.0 Å². The first-order valence-corrected chi connectivity index (χ1v) is 8.09. The van der Waals surface area contributed by atoms with E-state index in [-0.39, 0.29) is 11.9 Å². The third-order valence-corrected chi connectivity index (χ3v) is 3.76. The number of nitrogens with one attached hydrogen (secondary N) is 1. The smallest absolute Gasteiger partial charge is 0.249 e. The highest BCUT2D eigenvalue weighted by molar-refractivity contribution is 5.80. The highest BCUT2D eigenvalue weighted by Crippen LogP contribution is 2.17. The molecule has 1 amide bonds. The van der Waals surface area contributed by atoms with Gasteiger partial charge in [-0.3, -0.25) is 9.78 Å². The maximum atomic E-state index is 12.4. The molecule has 1 aromatic heterocycles. The van der Waals surface area contributed by atoms with Gasteiger partial charge in [0, 0.05) is 6.20 Å². The van der Waals surface area contributed by atoms with Gasteiger partial charge in [-0.05, 0) is 38.0 Å². The number of hydrogen-bond acceptors (Lipinski definition) is 3. The van der Waals surface area contributed by atoms with E-state index >= 15 is 0 Å². The van der Waals surface area contributed by atoms with E-state index in [1.54, 1.807) is 19.2 Å². The minimum Gasteiger partial charge on any atom is -0.365 e. The Bertz CT molecular complexity index is 653. The Kier molecular flexibility index (Phi) is 6.70. The minimum absolute atomic E-state index is 0.153. The fraction of sp³-hybridized carbons (Fsp3) is 0.300. The van der Waals surface area contributed by atoms with Gasteiger partial charge < -0.3 is 10.1 Å². The number of hydrogen-bond donors (Lipinski definition) is 1. The molecule has 4 heteroatoms. The molecule has 0 aliphatic heterocycles. The third kappa shape index (κ3) is 5.32. The lowest BCUT2D eigenvalue weighted by Gasteiger charge is -2.21. The van der Waals surface area contributed by atoms with Crippen molar-refractivity contribution in [2.45, 2.75) is 32.4 Å². The van der Waals surface area contributed by atoms with Crippen molar-refractivity contribution in [2.24, 2.45) is 0 Å². The summed E-state index contributed by atoms with van der Waals surface area (Å²) in [5.41, 5.74) is 3.20. The van der Waals surface area contributed by atoms with Crippen LogP contribution in [0, 0.1) is 6.92 Å². The monoisotopic (exact) mass is 324 g/mol. The molecule has 0 saturated heterocycles. The number of carbonyl (C=O) groups is 1. The van der Waals surface area contributed by atoms with Gasteiger partial charge in [0.05, 0.1) is 18.3 Å². The predicted octanol–water partition coefficient (Wildman–Crippen LogP) is 3.38. The van der Waals surface area contributed by atoms with Crippen LogP contribution >= 0.6 is 0 Å². The van der Waals surface area contributed by atoms with Gasteiger partial charge in [0.2, 0.25) is 5.91 Å². The Morgan fingerprint density at radius 3 is 2.67 bits per heavy atom. The number of aromatic nitrogens is 1. The van der Waals surface area contributed by atoms with Crippen LogP contribution < -0.4 is 5.32 Å². The largest absolute Gasteiger partial charge is 0.365 e. The number of carbonyl (C=O) groups excluding carboxylic acids is 1. The summed E-state index contributed by atoms with van der Waals surface area (Å²) in [5.74, 6) is -0.153. The Morgan fingerprint density at radius 2 is 2.04 bits per heavy atom. The number of nitrogens with zero attached hydrogens (tertiary/aromatic N) is 1. The highest BCUT2D eigenvalue weighted by atomic mass is 16.5. The lowest BCUT2D eigenvalue weighted by molar-refractivity contribution is -0.131. The summed E-state index contributed by atoms with van der Waals surface area (Å²) < 4.78 is 5.41. The van der Waals surface area contributed by atoms with E-state index in [2.05, 4.69) is 48.1 Å². The molecule has 2 atom stereocenters. The SMILES string of the molecule is C=CCOC(C)C(=O)NC(Cc1ccc(C)cc1)c1ccccn1. The first-order valence-electron chi connectivity index (χ1n) is 8.09. The first kappa shape index (κ1) is 17.9. The molecular weight excluding hydrogens is 300 g/mol. The number of rotatable bonds is 8. The van der Waals surface area contributed by atoms with Crippen molar-refractivity contribution in [3.8, 4) is 0 Å². The molecule has 1 N–H and O–H groups in total. The van der Waals surface area contributed by atoms with Crippen LogP contribution in [0.5, 0.6) is 0 Å². The van der Waals surface area contributed by atoms with Crippen molar-refractivity contribution < 1.29 is 9.53 Å². The molecular formula is C20H24N2O2. The van der Waals surface area contributed by atoms with Crippen LogP contribution in [0.4, 0.5) is 0 Å². The lowest BCUT2D eigenvalue weighted by Crippen LogP contribution is -2.38. The van der Waals surface area contributed by atoms with Crippen molar-refractivity contribution in [3.05, 3.63) is 78.1 Å². The standard InChI is InChI=1S/C20H24N2O2/c1-4-13-24-16(3)20(23)22-19(18-7-5-6-12-21-18)14-17-10-8-15(2)9-11-17/h4-12,16,19H,1,13-14H2,2-3H3,(H,22,23). The maximum absolute atomic E-state index is 12.4. The summed E-state index contributed by atoms with van der Waals surface area (Å²) in [5, 5.41) is 3.04. The number of aryl methyl sites for hydroxylation is 1. The minimum atomic E-state index is -0.535. The first-order chi connectivity index (χ1) is 11.6. The zero-order valence-electron chi connectivity index (χ0n) is 14.2. The quantitative estimate of drug-likeness (QED) is 0.757. The summed E-state index contributed by atoms with van der Waals surface area (Å²) in [6.07, 6.45) is 3.51. The average molecular weight is 324 g/mol. The van der Waals surface area contributed by atoms with E-state index in [1.165, 1.54) is 5.56 Å². The number of amides is 1. The number of pyridine rings is 1. The normalized spacial score (nSPS) is 13.1. The van der Waals surface area contributed by atoms with Crippen molar-refractivity contribution in [1.29, 1.82) is 0 Å². The molecule has 0 radical (unpaired) electrons. The molecule has 0 aliphatic carbocycles. The molecule has 0 bridgehead atoms. The molecule has 2 unspecified atom stereocenters. The molecule has 0 fully saturated rings. The molecule has 0 aliphatic rings. The summed E-state index contributed by atoms with van der Waals surface area (Å²) in [7, 11) is 0. The summed E-state index contributed by atoms with van der Waals surface area (Å²) in [4.78, 5) is 16.8. The number of ether oxygens (including phenoxy) is 1. The summed E-state index contributed by atoms with van der Waals surface area (Å²) >= 11 is 0. The second kappa shape index (κ2) is 8.99. The third-order valence-electron chi connectivity index (χ3n) is 3.76. The number of benzene rings is 1. The molecule has 1 aromatic carbocycles. The molecule has 4 nitrogen and oxygen atoms in total. The van der Waals surface area contributed by atoms with Crippen LogP contribution in [-0.4, -0.2) is 23.6 Å². The van der Waals surface area contributed by atoms with Gasteiger partial charge in [-0.25, -0.2) is 0 Å². The predicted molar refractivity (Wildman–Crippen MR) is 95.6 cm³/mol. The van der Waals surface area contributed by atoms with Gasteiger partial charge in [-0.2, -0.15) is 0 Å². The average Bonchev–Trinajstić information content (AvgIpc) is 2.61. The molecule has 0 saturated carbocycles. The van der Waals surface area contributed by atoms with Crippen LogP contribution in [0.3, 0.4) is 0 Å². The van der Waals surface area contributed by atoms with Crippen molar-refractivity contribution in [2.75, 3.05) is 6.61 Å². The van der Waals surface area contributed by atoms with Crippen molar-refractivity contribution in [3.63, 3.8) is 0 Å². The summed E-state index contributed by atoms with van der Waals surface area (Å²) in [6.45, 7) is 7.74. The van der Waals surface area contributed by atoms with E-state index in [1.807, 2.05) is 18.2 Å². The fourth-order valence-corrected chi connectivity index (χ4v) is 2.35. The Balaban J connectivity index is 2.12. The van der Waals surface area contributed by atoms with E-state index in [0.717, 1.165) is 11.3 Å². The van der Waals surface area contributed by atoms with E-state index in [9.17, 15) is 4.79 Å². The van der Waals surface area contributed by atoms with Crippen molar-refractivity contribution in [1.82, 2.24) is 10.3 Å². The molecule has 1 heterocycles. The second-order valence-electron chi connectivity index (χ2n) is 5.77. The molecule has 0 spiro atoms. The van der Waals surface area contributed by atoms with Gasteiger partial charge in [0.15, 0.2) is 0 Å². The molecule has 2 rings (SSSR count).